The Bertz CT molecular complexity index is 773. The molecule has 0 unspecified atom stereocenters. The Morgan fingerprint density at radius 1 is 1.10 bits per heavy atom. The Kier molecular flexibility index (Phi) is 8.44. The topological polar surface area (TPSA) is 77.8 Å². The summed E-state index contributed by atoms with van der Waals surface area (Å²) < 4.78 is 0. The number of allylic oxidation sites excluding steroid dienone is 2. The molecule has 0 heterocycles. The Morgan fingerprint density at radius 2 is 1.84 bits per heavy atom. The molecule has 5 atom stereocenters. The first-order valence-corrected chi connectivity index (χ1v) is 11.7. The molecule has 2 N–H and O–H groups in total. The number of hydrogen-bond acceptors (Lipinski definition) is 4. The number of aliphatic hydroxyl groups is 2. The number of ketones is 1. The fourth-order valence-corrected chi connectivity index (χ4v) is 5.31. The highest BCUT2D eigenvalue weighted by molar-refractivity contribution is 5.79. The van der Waals surface area contributed by atoms with Crippen molar-refractivity contribution >= 4 is 11.7 Å². The molecule has 2 aliphatic carbocycles. The number of benzene rings is 1. The number of unbranched alkanes of at least 4 members (excludes halogenated alkanes) is 1. The second kappa shape index (κ2) is 11.1. The summed E-state index contributed by atoms with van der Waals surface area (Å²) in [5.74, 6) is 0.525. The van der Waals surface area contributed by atoms with Gasteiger partial charge in [0.1, 0.15) is 5.78 Å². The van der Waals surface area contributed by atoms with Crippen LogP contribution in [-0.2, 0) is 16.0 Å². The summed E-state index contributed by atoms with van der Waals surface area (Å²) in [6.07, 6.45) is 7.19. The van der Waals surface area contributed by atoms with E-state index in [-0.39, 0.29) is 29.9 Å². The minimum atomic E-state index is -0.779. The molecule has 1 saturated carbocycles. The van der Waals surface area contributed by atoms with Gasteiger partial charge in [0, 0.05) is 39.3 Å². The molecule has 2 aliphatic rings. The van der Waals surface area contributed by atoms with Gasteiger partial charge in [-0.3, -0.25) is 9.59 Å². The quantitative estimate of drug-likeness (QED) is 0.418. The lowest BCUT2D eigenvalue weighted by Gasteiger charge is -2.26. The van der Waals surface area contributed by atoms with Crippen molar-refractivity contribution < 1.29 is 19.8 Å². The highest BCUT2D eigenvalue weighted by Crippen LogP contribution is 2.49. The largest absolute Gasteiger partial charge is 0.393 e. The number of aryl methyl sites for hydroxylation is 1. The van der Waals surface area contributed by atoms with E-state index in [0.717, 1.165) is 31.2 Å². The van der Waals surface area contributed by atoms with Crippen molar-refractivity contribution in [2.75, 3.05) is 14.1 Å². The van der Waals surface area contributed by atoms with Crippen LogP contribution in [0.15, 0.2) is 42.0 Å². The van der Waals surface area contributed by atoms with Crippen LogP contribution < -0.4 is 0 Å². The second-order valence-corrected chi connectivity index (χ2v) is 9.53. The van der Waals surface area contributed by atoms with Gasteiger partial charge in [-0.15, -0.1) is 0 Å². The van der Waals surface area contributed by atoms with E-state index < -0.39 is 12.2 Å². The number of carbonyl (C=O) groups is 2. The van der Waals surface area contributed by atoms with Crippen molar-refractivity contribution in [3.8, 4) is 0 Å². The third-order valence-corrected chi connectivity index (χ3v) is 7.00. The third kappa shape index (κ3) is 6.50. The second-order valence-electron chi connectivity index (χ2n) is 9.53. The maximum absolute atomic E-state index is 12.4. The number of amides is 1. The van der Waals surface area contributed by atoms with Crippen LogP contribution in [0.5, 0.6) is 0 Å². The molecule has 3 rings (SSSR count). The molecule has 0 bridgehead atoms. The van der Waals surface area contributed by atoms with Gasteiger partial charge in [0.05, 0.1) is 12.2 Å². The first-order valence-electron chi connectivity index (χ1n) is 11.7. The van der Waals surface area contributed by atoms with Crippen LogP contribution >= 0.6 is 0 Å². The van der Waals surface area contributed by atoms with Gasteiger partial charge in [0.15, 0.2) is 0 Å². The van der Waals surface area contributed by atoms with Crippen LogP contribution in [0.25, 0.3) is 0 Å². The fraction of sp³-hybridized carbons (Fsp3) is 0.615. The predicted molar refractivity (Wildman–Crippen MR) is 121 cm³/mol. The molecule has 31 heavy (non-hydrogen) atoms. The average molecular weight is 428 g/mol. The van der Waals surface area contributed by atoms with E-state index in [2.05, 4.69) is 6.08 Å². The molecule has 1 fully saturated rings. The lowest BCUT2D eigenvalue weighted by molar-refractivity contribution is -0.128. The van der Waals surface area contributed by atoms with Crippen LogP contribution in [0.1, 0.15) is 56.9 Å². The van der Waals surface area contributed by atoms with Gasteiger partial charge in [-0.2, -0.15) is 0 Å². The number of fused-ring (bicyclic) bond motifs is 1. The van der Waals surface area contributed by atoms with Gasteiger partial charge >= 0.3 is 0 Å². The van der Waals surface area contributed by atoms with E-state index in [1.54, 1.807) is 19.0 Å². The van der Waals surface area contributed by atoms with Gasteiger partial charge in [0.25, 0.3) is 0 Å². The van der Waals surface area contributed by atoms with Crippen molar-refractivity contribution in [3.63, 3.8) is 0 Å². The van der Waals surface area contributed by atoms with Crippen LogP contribution in [0.2, 0.25) is 0 Å². The van der Waals surface area contributed by atoms with Crippen molar-refractivity contribution in [2.45, 2.75) is 70.0 Å². The Hall–Kier alpha value is -1.98. The zero-order valence-electron chi connectivity index (χ0n) is 18.9. The van der Waals surface area contributed by atoms with Crippen molar-refractivity contribution in [1.82, 2.24) is 4.90 Å². The van der Waals surface area contributed by atoms with Gasteiger partial charge in [-0.05, 0) is 55.9 Å². The standard InChI is InChI=1S/C26H37NO4/c1-27(2)25(31)11-7-6-10-19-14-20-16-23(29)26(22(20)15-19)24(30)17-21(28)13-12-18-8-4-3-5-9-18/h3-5,8-9,14,20,22-24,26,29-30H,6-7,10-13,15-17H2,1-2H3/t20-,22-,23+,24+,26+/m0/s1. The number of rotatable bonds is 11. The molecule has 0 radical (unpaired) electrons. The van der Waals surface area contributed by atoms with Crippen molar-refractivity contribution in [2.24, 2.45) is 17.8 Å². The van der Waals surface area contributed by atoms with E-state index in [4.69, 9.17) is 0 Å². The highest BCUT2D eigenvalue weighted by Gasteiger charge is 2.47. The fourth-order valence-electron chi connectivity index (χ4n) is 5.31. The number of hydrogen-bond donors (Lipinski definition) is 2. The van der Waals surface area contributed by atoms with Crippen LogP contribution in [0.3, 0.4) is 0 Å². The average Bonchev–Trinajstić information content (AvgIpc) is 3.25. The summed E-state index contributed by atoms with van der Waals surface area (Å²) in [7, 11) is 3.57. The van der Waals surface area contributed by atoms with E-state index >= 15 is 0 Å². The zero-order valence-corrected chi connectivity index (χ0v) is 18.9. The zero-order chi connectivity index (χ0) is 22.4. The Balaban J connectivity index is 1.44. The van der Waals surface area contributed by atoms with E-state index in [9.17, 15) is 19.8 Å². The van der Waals surface area contributed by atoms with Crippen molar-refractivity contribution in [1.29, 1.82) is 0 Å². The Labute approximate surface area is 186 Å². The summed E-state index contributed by atoms with van der Waals surface area (Å²) in [4.78, 5) is 25.8. The number of nitrogens with zero attached hydrogens (tertiary/aromatic N) is 1. The summed E-state index contributed by atoms with van der Waals surface area (Å²) in [5, 5.41) is 21.4. The predicted octanol–water partition coefficient (Wildman–Crippen LogP) is 3.53. The number of aliphatic hydroxyl groups excluding tert-OH is 2. The minimum Gasteiger partial charge on any atom is -0.393 e. The van der Waals surface area contributed by atoms with Crippen LogP contribution in [0.4, 0.5) is 0 Å². The third-order valence-electron chi connectivity index (χ3n) is 7.00. The van der Waals surface area contributed by atoms with Gasteiger partial charge < -0.3 is 15.1 Å². The molecule has 1 aromatic carbocycles. The van der Waals surface area contributed by atoms with Gasteiger partial charge in [-0.25, -0.2) is 0 Å². The first-order chi connectivity index (χ1) is 14.8. The number of Topliss-reactive ketones (excluding diaryl/α,β-unsaturated/α-hetero) is 1. The molecule has 0 aliphatic heterocycles. The summed E-state index contributed by atoms with van der Waals surface area (Å²) in [5.41, 5.74) is 2.51. The lowest BCUT2D eigenvalue weighted by atomic mass is 9.83. The summed E-state index contributed by atoms with van der Waals surface area (Å²) >= 11 is 0. The minimum absolute atomic E-state index is 0.0590. The SMILES string of the molecule is CN(C)C(=O)CCCCC1=C[C@H]2C[C@@H](O)[C@H]([C@H](O)CC(=O)CCc3ccccc3)[C@H]2C1. The smallest absolute Gasteiger partial charge is 0.222 e. The van der Waals surface area contributed by atoms with E-state index in [1.165, 1.54) is 5.57 Å². The molecule has 0 saturated heterocycles. The maximum Gasteiger partial charge on any atom is 0.222 e. The monoisotopic (exact) mass is 427 g/mol. The summed E-state index contributed by atoms with van der Waals surface area (Å²) in [6.45, 7) is 0. The molecular weight excluding hydrogens is 390 g/mol. The first kappa shape index (κ1) is 23.7. The molecule has 0 aromatic heterocycles. The van der Waals surface area contributed by atoms with Crippen LogP contribution in [0, 0.1) is 17.8 Å². The normalized spacial score (nSPS) is 25.7. The van der Waals surface area contributed by atoms with Gasteiger partial charge in [0.2, 0.25) is 5.91 Å². The lowest BCUT2D eigenvalue weighted by Crippen LogP contribution is -2.34. The highest BCUT2D eigenvalue weighted by atomic mass is 16.3. The molecule has 5 nitrogen and oxygen atoms in total. The summed E-state index contributed by atoms with van der Waals surface area (Å²) in [6, 6.07) is 9.91. The molecular formula is C26H37NO4. The van der Waals surface area contributed by atoms with E-state index in [0.29, 0.717) is 31.6 Å². The van der Waals surface area contributed by atoms with E-state index in [1.807, 2.05) is 30.3 Å². The molecule has 1 amide bonds. The van der Waals surface area contributed by atoms with Crippen LogP contribution in [-0.4, -0.2) is 53.1 Å². The van der Waals surface area contributed by atoms with Gasteiger partial charge in [-0.1, -0.05) is 42.0 Å². The number of carbonyl (C=O) groups excluding carboxylic acids is 2. The molecule has 0 spiro atoms. The van der Waals surface area contributed by atoms with Crippen molar-refractivity contribution in [3.05, 3.63) is 47.5 Å². The molecule has 170 valence electrons. The Morgan fingerprint density at radius 3 is 2.55 bits per heavy atom. The molecule has 5 heteroatoms. The molecule has 1 aromatic rings. The maximum atomic E-state index is 12.4.